The molecule has 3 fully saturated rings. The zero-order chi connectivity index (χ0) is 56.2. The van der Waals surface area contributed by atoms with E-state index in [2.05, 4.69) is 86.6 Å². The van der Waals surface area contributed by atoms with Gasteiger partial charge in [-0.3, -0.25) is 26.0 Å². The molecule has 1 aromatic heterocycles. The number of nitrogens with zero attached hydrogens (tertiary/aromatic N) is 6. The van der Waals surface area contributed by atoms with Crippen molar-refractivity contribution in [2.45, 2.75) is 126 Å². The molecule has 4 aliphatic rings. The number of piperidine rings is 2. The number of pyridine rings is 1. The number of hydrogen-bond acceptors (Lipinski definition) is 12. The minimum absolute atomic E-state index is 0. The first kappa shape index (κ1) is 65.1. The Morgan fingerprint density at radius 2 is 1.64 bits per heavy atom. The molecule has 2 aromatic carbocycles. The molecule has 0 bridgehead atoms. The number of rotatable bonds is 17. The van der Waals surface area contributed by atoms with Crippen molar-refractivity contribution in [3.05, 3.63) is 107 Å². The maximum Gasteiger partial charge on any atom is 0.415 e. The Bertz CT molecular complexity index is 2560. The molecule has 3 aromatic rings. The van der Waals surface area contributed by atoms with Crippen LogP contribution in [0.3, 0.4) is 0 Å². The molecule has 2 amide bonds. The van der Waals surface area contributed by atoms with Crippen molar-refractivity contribution in [2.75, 3.05) is 104 Å². The van der Waals surface area contributed by atoms with Crippen LogP contribution in [-0.2, 0) is 14.3 Å². The Labute approximate surface area is 489 Å². The molecular weight excluding hydrogens is 1210 g/mol. The largest absolute Gasteiger partial charge is 0.474 e. The fourth-order valence-electron chi connectivity index (χ4n) is 10.3. The number of hydrogen-bond donors (Lipinski definition) is 2. The van der Waals surface area contributed by atoms with Crippen molar-refractivity contribution in [1.82, 2.24) is 15.2 Å². The smallest absolute Gasteiger partial charge is 0.415 e. The first-order chi connectivity index (χ1) is 37.0. The molecule has 1 unspecified atom stereocenters. The molecule has 5 heterocycles. The summed E-state index contributed by atoms with van der Waals surface area (Å²) >= 11 is 0. The zero-order valence-electron chi connectivity index (χ0n) is 48.6. The van der Waals surface area contributed by atoms with Crippen LogP contribution in [0, 0.1) is 62.3 Å². The molecule has 7 rings (SSSR count). The quantitative estimate of drug-likeness (QED) is 0.0755. The first-order valence-electron chi connectivity index (χ1n) is 28.1. The van der Waals surface area contributed by atoms with Gasteiger partial charge in [0.25, 0.3) is 0 Å². The van der Waals surface area contributed by atoms with Crippen molar-refractivity contribution in [1.29, 1.82) is 0 Å². The number of ketones is 1. The third-order valence-corrected chi connectivity index (χ3v) is 14.4. The van der Waals surface area contributed by atoms with Gasteiger partial charge in [0.2, 0.25) is 11.8 Å². The van der Waals surface area contributed by atoms with Crippen LogP contribution >= 0.6 is 0 Å². The summed E-state index contributed by atoms with van der Waals surface area (Å²) in [5.41, 5.74) is 9.41. The van der Waals surface area contributed by atoms with Crippen LogP contribution in [0.25, 0.3) is 6.08 Å². The van der Waals surface area contributed by atoms with Gasteiger partial charge in [-0.05, 0) is 127 Å². The summed E-state index contributed by atoms with van der Waals surface area (Å²) in [6.07, 6.45) is 16.7. The van der Waals surface area contributed by atoms with E-state index in [9.17, 15) is 19.2 Å². The molecule has 0 aliphatic carbocycles. The Morgan fingerprint density at radius 1 is 0.949 bits per heavy atom. The molecule has 78 heavy (non-hydrogen) atoms. The van der Waals surface area contributed by atoms with Crippen LogP contribution in [0.5, 0.6) is 5.88 Å². The van der Waals surface area contributed by atoms with Crippen molar-refractivity contribution in [3.63, 3.8) is 0 Å². The summed E-state index contributed by atoms with van der Waals surface area (Å²) in [6, 6.07) is 11.9. The second-order valence-electron chi connectivity index (χ2n) is 21.0. The van der Waals surface area contributed by atoms with E-state index in [0.717, 1.165) is 107 Å². The van der Waals surface area contributed by atoms with Gasteiger partial charge in [0.15, 0.2) is 0 Å². The van der Waals surface area contributed by atoms with Crippen LogP contribution in [-0.4, -0.2) is 119 Å². The fraction of sp³-hybridized carbons (Fsp3) is 0.532. The number of aldehydes is 1. The van der Waals surface area contributed by atoms with Gasteiger partial charge in [0.05, 0.1) is 24.1 Å². The topological polar surface area (TPSA) is 140 Å². The van der Waals surface area contributed by atoms with Crippen LogP contribution < -0.4 is 35.0 Å². The standard InChI is InChI=1S/C53H69FN7O4.C7H13NO2.C2H6.U/c1-9-13-43(31-41-36-60(24-21-39(41)11-3)48-34-55-51-50(37(48)5)61(29-30-64-51)52(63)65-53(6,7)8)56-42-15-17-44(18-16-42)58-22-19-38(20-23-58)35-57-25-27-59(28-26-57)47-32-40(12-4)45(33-46(47)54)49(62)14-10-2;1-6(4-3-5-9)7(10)8-2;1-2;/h4,11-13,15-18,31-34,38,56H,9-10,14,19-30,35-36H2,1-3,5-8H3;5-6H,3-4H2,1-2H3,(H,8,10);1-2H3;/q-1;;;/b39-11-,41-31-,43-13-;;;. The summed E-state index contributed by atoms with van der Waals surface area (Å²) in [6.45, 7) is 34.2. The normalized spacial score (nSPS) is 17.5. The minimum atomic E-state index is -0.613. The average Bonchev–Trinajstić information content (AvgIpc) is 3.48. The van der Waals surface area contributed by atoms with Gasteiger partial charge >= 0.3 is 6.09 Å². The van der Waals surface area contributed by atoms with Gasteiger partial charge in [-0.25, -0.2) is 20.2 Å². The number of halogens is 1. The van der Waals surface area contributed by atoms with E-state index < -0.39 is 5.60 Å². The Balaban J connectivity index is 0.000000908. The van der Waals surface area contributed by atoms with Gasteiger partial charge in [-0.2, -0.15) is 5.56 Å². The number of carbonyl (C=O) groups is 4. The SMILES string of the molecule is CC.CNC(=O)C(C)CCC=O.[CH-]=Cc1cc(N2CCN(CC3CCN(c4ccc(NC(=C\CC)/C=C5/CN(c6cnc7c(c6C)N(C(=O)OC(C)(C)C)CCO7)CC/C5=C/C)cc4)CC3)CC2)c(F)cc1C(=O)CCC.[U]. The summed E-state index contributed by atoms with van der Waals surface area (Å²) in [4.78, 5) is 62.4. The van der Waals surface area contributed by atoms with E-state index in [1.807, 2.05) is 61.6 Å². The number of benzene rings is 2. The van der Waals surface area contributed by atoms with Gasteiger partial charge < -0.3 is 39.6 Å². The average molecular weight is 1300 g/mol. The maximum absolute atomic E-state index is 15.3. The van der Waals surface area contributed by atoms with E-state index in [4.69, 9.17) is 21.0 Å². The number of anilines is 5. The van der Waals surface area contributed by atoms with Crippen molar-refractivity contribution < 1.29 is 64.2 Å². The number of carbonyl (C=O) groups excluding carboxylic acids is 4. The number of amides is 2. The third kappa shape index (κ3) is 18.0. The van der Waals surface area contributed by atoms with E-state index >= 15 is 4.39 Å². The van der Waals surface area contributed by atoms with Crippen LogP contribution in [0.15, 0.2) is 77.7 Å². The third-order valence-electron chi connectivity index (χ3n) is 14.4. The number of allylic oxidation sites excluding steroid dienone is 3. The predicted octanol–water partition coefficient (Wildman–Crippen LogP) is 12.0. The van der Waals surface area contributed by atoms with E-state index in [-0.39, 0.29) is 60.6 Å². The minimum Gasteiger partial charge on any atom is -0.474 e. The molecule has 1 atom stereocenters. The number of Topliss-reactive ketones (excluding diaryl/α,β-unsaturated/α-hetero) is 1. The van der Waals surface area contributed by atoms with Gasteiger partial charge in [-0.1, -0.05) is 52.3 Å². The maximum atomic E-state index is 15.3. The summed E-state index contributed by atoms with van der Waals surface area (Å²) < 4.78 is 27.0. The van der Waals surface area contributed by atoms with Crippen LogP contribution in [0.4, 0.5) is 37.6 Å². The van der Waals surface area contributed by atoms with Crippen molar-refractivity contribution >= 4 is 58.6 Å². The Hall–Kier alpha value is -5.43. The number of aromatic nitrogens is 1. The molecule has 4 aliphatic heterocycles. The molecule has 424 valence electrons. The van der Waals surface area contributed by atoms with Gasteiger partial charge in [-0.15, -0.1) is 6.07 Å². The fourth-order valence-corrected chi connectivity index (χ4v) is 10.3. The zero-order valence-corrected chi connectivity index (χ0v) is 52.8. The Kier molecular flexibility index (Phi) is 26.7. The second-order valence-corrected chi connectivity index (χ2v) is 21.0. The summed E-state index contributed by atoms with van der Waals surface area (Å²) in [7, 11) is 1.60. The summed E-state index contributed by atoms with van der Waals surface area (Å²) in [5, 5.41) is 6.23. The molecule has 14 nitrogen and oxygen atoms in total. The first-order valence-corrected chi connectivity index (χ1v) is 28.1. The van der Waals surface area contributed by atoms with Crippen molar-refractivity contribution in [2.24, 2.45) is 11.8 Å². The molecule has 3 saturated heterocycles. The molecule has 2 N–H and O–H groups in total. The number of nitrogens with one attached hydrogen (secondary N) is 2. The van der Waals surface area contributed by atoms with Crippen LogP contribution in [0.1, 0.15) is 135 Å². The van der Waals surface area contributed by atoms with E-state index in [1.54, 1.807) is 18.0 Å². The van der Waals surface area contributed by atoms with Crippen LogP contribution in [0.2, 0.25) is 0 Å². The molecule has 0 spiro atoms. The van der Waals surface area contributed by atoms with Crippen molar-refractivity contribution in [3.8, 4) is 5.88 Å². The molecule has 0 radical (unpaired) electrons. The second kappa shape index (κ2) is 32.0. The summed E-state index contributed by atoms with van der Waals surface area (Å²) in [5.74, 6) is 0.617. The number of fused-ring (bicyclic) bond motifs is 1. The molecular formula is C62H88FN8O6U-. The van der Waals surface area contributed by atoms with Gasteiger partial charge in [0.1, 0.15) is 35.8 Å². The van der Waals surface area contributed by atoms with E-state index in [0.29, 0.717) is 79.7 Å². The molecule has 0 saturated carbocycles. The van der Waals surface area contributed by atoms with E-state index in [1.165, 1.54) is 29.0 Å². The Morgan fingerprint density at radius 3 is 2.24 bits per heavy atom. The van der Waals surface area contributed by atoms with Gasteiger partial charge in [0, 0.05) is 138 Å². The monoisotopic (exact) mass is 1300 g/mol. The number of piperazine rings is 1. The molecule has 16 heteroatoms. The predicted molar refractivity (Wildman–Crippen MR) is 313 cm³/mol. The number of ether oxygens (including phenoxy) is 2.